The van der Waals surface area contributed by atoms with Crippen molar-refractivity contribution in [3.8, 4) is 11.5 Å². The third-order valence-electron chi connectivity index (χ3n) is 3.96. The van der Waals surface area contributed by atoms with Crippen LogP contribution in [0, 0.1) is 13.7 Å². The second-order valence-electron chi connectivity index (χ2n) is 5.39. The molecule has 1 saturated heterocycles. The Bertz CT molecular complexity index is 876. The standard InChI is InChI=1S/C16H12ClIN2O5/c1-25-12-6-8(5-11(18)15(12)21)14-13(17)16(22)19(14)9-3-2-4-10(7-9)20(23)24/h2-7,13-14,21H,1H3. The van der Waals surface area contributed by atoms with Crippen LogP contribution in [-0.4, -0.2) is 28.4 Å². The molecule has 1 aliphatic heterocycles. The van der Waals surface area contributed by atoms with Gasteiger partial charge >= 0.3 is 0 Å². The number of carbonyl (C=O) groups excluding carboxylic acids is 1. The number of nitrogens with zero attached hydrogens (tertiary/aromatic N) is 2. The molecule has 0 saturated carbocycles. The van der Waals surface area contributed by atoms with Crippen LogP contribution in [0.15, 0.2) is 36.4 Å². The lowest BCUT2D eigenvalue weighted by molar-refractivity contribution is -0.384. The molecule has 1 aliphatic rings. The van der Waals surface area contributed by atoms with Crippen molar-refractivity contribution >= 4 is 51.5 Å². The van der Waals surface area contributed by atoms with E-state index in [4.69, 9.17) is 16.3 Å². The molecular weight excluding hydrogens is 463 g/mol. The van der Waals surface area contributed by atoms with Crippen LogP contribution in [0.4, 0.5) is 11.4 Å². The number of anilines is 1. The van der Waals surface area contributed by atoms with Gasteiger partial charge in [-0.25, -0.2) is 0 Å². The van der Waals surface area contributed by atoms with E-state index >= 15 is 0 Å². The second kappa shape index (κ2) is 6.68. The zero-order chi connectivity index (χ0) is 18.3. The normalized spacial score (nSPS) is 19.5. The van der Waals surface area contributed by atoms with Gasteiger partial charge in [-0.2, -0.15) is 0 Å². The van der Waals surface area contributed by atoms with Gasteiger partial charge in [-0.1, -0.05) is 6.07 Å². The molecule has 0 radical (unpaired) electrons. The average Bonchev–Trinajstić information content (AvgIpc) is 2.61. The van der Waals surface area contributed by atoms with Gasteiger partial charge in [-0.05, 0) is 46.4 Å². The van der Waals surface area contributed by atoms with E-state index in [0.29, 0.717) is 14.8 Å². The number of ether oxygens (including phenoxy) is 1. The first-order valence-corrected chi connectivity index (χ1v) is 8.64. The topological polar surface area (TPSA) is 92.9 Å². The van der Waals surface area contributed by atoms with Gasteiger partial charge in [0, 0.05) is 12.1 Å². The molecule has 9 heteroatoms. The first-order chi connectivity index (χ1) is 11.8. The molecule has 1 heterocycles. The first kappa shape index (κ1) is 17.7. The number of amides is 1. The highest BCUT2D eigenvalue weighted by atomic mass is 127. The van der Waals surface area contributed by atoms with Crippen LogP contribution in [0.5, 0.6) is 11.5 Å². The quantitative estimate of drug-likeness (QED) is 0.240. The Balaban J connectivity index is 2.04. The largest absolute Gasteiger partial charge is 0.504 e. The number of alkyl halides is 1. The second-order valence-corrected chi connectivity index (χ2v) is 7.02. The molecule has 25 heavy (non-hydrogen) atoms. The zero-order valence-corrected chi connectivity index (χ0v) is 15.8. The van der Waals surface area contributed by atoms with Gasteiger partial charge in [0.05, 0.1) is 27.3 Å². The van der Waals surface area contributed by atoms with Gasteiger partial charge in [-0.15, -0.1) is 11.6 Å². The molecule has 1 amide bonds. The lowest BCUT2D eigenvalue weighted by Gasteiger charge is -2.44. The van der Waals surface area contributed by atoms with Gasteiger partial charge in [-0.3, -0.25) is 14.9 Å². The SMILES string of the molecule is COc1cc(C2C(Cl)C(=O)N2c2cccc([N+](=O)[O-])c2)cc(I)c1O. The van der Waals surface area contributed by atoms with Crippen molar-refractivity contribution in [2.75, 3.05) is 12.0 Å². The van der Waals surface area contributed by atoms with Crippen LogP contribution in [0.3, 0.4) is 0 Å². The third-order valence-corrected chi connectivity index (χ3v) is 5.21. The van der Waals surface area contributed by atoms with E-state index in [-0.39, 0.29) is 23.1 Å². The number of non-ortho nitro benzene ring substituents is 1. The van der Waals surface area contributed by atoms with E-state index in [1.54, 1.807) is 18.2 Å². The Hall–Kier alpha value is -2.07. The number of hydrogen-bond donors (Lipinski definition) is 1. The predicted octanol–water partition coefficient (Wildman–Crippen LogP) is 3.61. The number of carbonyl (C=O) groups is 1. The van der Waals surface area contributed by atoms with E-state index in [1.165, 1.54) is 30.2 Å². The van der Waals surface area contributed by atoms with Crippen LogP contribution < -0.4 is 9.64 Å². The highest BCUT2D eigenvalue weighted by Gasteiger charge is 2.48. The Kier molecular flexibility index (Phi) is 4.74. The van der Waals surface area contributed by atoms with Gasteiger partial charge in [0.1, 0.15) is 5.38 Å². The molecule has 1 fully saturated rings. The van der Waals surface area contributed by atoms with Gasteiger partial charge < -0.3 is 14.7 Å². The summed E-state index contributed by atoms with van der Waals surface area (Å²) in [6.45, 7) is 0. The molecule has 130 valence electrons. The summed E-state index contributed by atoms with van der Waals surface area (Å²) in [5.74, 6) is -0.0659. The Morgan fingerprint density at radius 2 is 2.08 bits per heavy atom. The van der Waals surface area contributed by atoms with Crippen molar-refractivity contribution in [2.24, 2.45) is 0 Å². The first-order valence-electron chi connectivity index (χ1n) is 7.13. The molecule has 0 bridgehead atoms. The lowest BCUT2D eigenvalue weighted by Crippen LogP contribution is -2.56. The summed E-state index contributed by atoms with van der Waals surface area (Å²) >= 11 is 8.16. The molecular formula is C16H12ClIN2O5. The molecule has 2 aromatic carbocycles. The fraction of sp³-hybridized carbons (Fsp3) is 0.188. The number of aromatic hydroxyl groups is 1. The minimum absolute atomic E-state index is 0.00511. The number of β-lactam (4-membered cyclic amide) rings is 1. The Morgan fingerprint density at radius 3 is 2.72 bits per heavy atom. The van der Waals surface area contributed by atoms with Crippen molar-refractivity contribution in [1.82, 2.24) is 0 Å². The van der Waals surface area contributed by atoms with E-state index < -0.39 is 16.3 Å². The van der Waals surface area contributed by atoms with Gasteiger partial charge in [0.25, 0.3) is 5.69 Å². The zero-order valence-electron chi connectivity index (χ0n) is 12.8. The van der Waals surface area contributed by atoms with Crippen molar-refractivity contribution in [3.63, 3.8) is 0 Å². The van der Waals surface area contributed by atoms with Crippen LogP contribution in [0.1, 0.15) is 11.6 Å². The fourth-order valence-corrected chi connectivity index (χ4v) is 3.72. The monoisotopic (exact) mass is 474 g/mol. The molecule has 2 atom stereocenters. The fourth-order valence-electron chi connectivity index (χ4n) is 2.74. The van der Waals surface area contributed by atoms with E-state index in [2.05, 4.69) is 0 Å². The smallest absolute Gasteiger partial charge is 0.271 e. The number of nitro benzene ring substituents is 1. The van der Waals surface area contributed by atoms with E-state index in [0.717, 1.165) is 0 Å². The number of phenolic OH excluding ortho intramolecular Hbond substituents is 1. The molecule has 1 N–H and O–H groups in total. The number of hydrogen-bond acceptors (Lipinski definition) is 5. The Labute approximate surface area is 161 Å². The van der Waals surface area contributed by atoms with Crippen molar-refractivity contribution in [2.45, 2.75) is 11.4 Å². The average molecular weight is 475 g/mol. The molecule has 3 rings (SSSR count). The molecule has 2 unspecified atom stereocenters. The maximum Gasteiger partial charge on any atom is 0.271 e. The number of benzene rings is 2. The summed E-state index contributed by atoms with van der Waals surface area (Å²) in [5.41, 5.74) is 0.952. The van der Waals surface area contributed by atoms with E-state index in [1.807, 2.05) is 22.6 Å². The Morgan fingerprint density at radius 1 is 1.36 bits per heavy atom. The van der Waals surface area contributed by atoms with Crippen LogP contribution in [0.25, 0.3) is 0 Å². The van der Waals surface area contributed by atoms with Crippen LogP contribution in [-0.2, 0) is 4.79 Å². The molecule has 0 aromatic heterocycles. The summed E-state index contributed by atoms with van der Waals surface area (Å²) in [5, 5.41) is 20.1. The highest BCUT2D eigenvalue weighted by Crippen LogP contribution is 2.45. The predicted molar refractivity (Wildman–Crippen MR) is 100 cm³/mol. The van der Waals surface area contributed by atoms with Gasteiger partial charge in [0.2, 0.25) is 5.91 Å². The lowest BCUT2D eigenvalue weighted by atomic mass is 9.92. The molecule has 0 aliphatic carbocycles. The van der Waals surface area contributed by atoms with Crippen LogP contribution >= 0.6 is 34.2 Å². The number of phenols is 1. The van der Waals surface area contributed by atoms with Crippen molar-refractivity contribution in [3.05, 3.63) is 55.6 Å². The summed E-state index contributed by atoms with van der Waals surface area (Å²) in [6, 6.07) is 8.61. The van der Waals surface area contributed by atoms with Crippen molar-refractivity contribution < 1.29 is 19.6 Å². The number of methoxy groups -OCH3 is 1. The maximum atomic E-state index is 12.3. The minimum Gasteiger partial charge on any atom is -0.504 e. The summed E-state index contributed by atoms with van der Waals surface area (Å²) < 4.78 is 5.70. The summed E-state index contributed by atoms with van der Waals surface area (Å²) in [4.78, 5) is 24.1. The number of nitro groups is 1. The molecule has 7 nitrogen and oxygen atoms in total. The number of rotatable bonds is 4. The molecule has 0 spiro atoms. The van der Waals surface area contributed by atoms with E-state index in [9.17, 15) is 20.0 Å². The third kappa shape index (κ3) is 2.99. The number of halogens is 2. The minimum atomic E-state index is -0.802. The van der Waals surface area contributed by atoms with Gasteiger partial charge in [0.15, 0.2) is 11.5 Å². The maximum absolute atomic E-state index is 12.3. The van der Waals surface area contributed by atoms with Crippen molar-refractivity contribution in [1.29, 1.82) is 0 Å². The summed E-state index contributed by atoms with van der Waals surface area (Å²) in [6.07, 6.45) is 0. The molecule has 2 aromatic rings. The highest BCUT2D eigenvalue weighted by molar-refractivity contribution is 14.1. The summed E-state index contributed by atoms with van der Waals surface area (Å²) in [7, 11) is 1.43. The van der Waals surface area contributed by atoms with Crippen LogP contribution in [0.2, 0.25) is 0 Å².